The van der Waals surface area contributed by atoms with Crippen LogP contribution < -0.4 is 16.2 Å². The summed E-state index contributed by atoms with van der Waals surface area (Å²) in [6.07, 6.45) is 3.67. The molecule has 0 aliphatic carbocycles. The molecule has 0 unspecified atom stereocenters. The second-order valence-corrected chi connectivity index (χ2v) is 16.1. The monoisotopic (exact) mass is 696 g/mol. The molecule has 4 rings (SSSR count). The van der Waals surface area contributed by atoms with Crippen molar-refractivity contribution in [2.75, 3.05) is 39.5 Å². The van der Waals surface area contributed by atoms with Crippen molar-refractivity contribution in [2.45, 2.75) is 83.7 Å². The van der Waals surface area contributed by atoms with E-state index in [0.29, 0.717) is 45.3 Å². The van der Waals surface area contributed by atoms with Gasteiger partial charge in [-0.25, -0.2) is 8.42 Å². The number of benzene rings is 2. The molecule has 2 saturated heterocycles. The first-order valence-corrected chi connectivity index (χ1v) is 18.7. The minimum Gasteiger partial charge on any atom is -0.496 e. The van der Waals surface area contributed by atoms with Gasteiger partial charge in [0.15, 0.2) is 5.96 Å². The van der Waals surface area contributed by atoms with Crippen molar-refractivity contribution in [1.82, 2.24) is 14.1 Å². The van der Waals surface area contributed by atoms with E-state index in [1.165, 1.54) is 9.21 Å². The molecule has 2 aliphatic rings. The summed E-state index contributed by atoms with van der Waals surface area (Å²) >= 11 is 0. The predicted molar refractivity (Wildman–Crippen MR) is 190 cm³/mol. The molecule has 2 heterocycles. The number of primary amides is 1. The average molecular weight is 697 g/mol. The summed E-state index contributed by atoms with van der Waals surface area (Å²) in [4.78, 5) is 46.9. The molecule has 13 heteroatoms. The van der Waals surface area contributed by atoms with E-state index in [1.54, 1.807) is 7.11 Å². The van der Waals surface area contributed by atoms with Gasteiger partial charge in [-0.15, -0.1) is 0 Å². The lowest BCUT2D eigenvalue weighted by Crippen LogP contribution is -2.56. The lowest BCUT2D eigenvalue weighted by Gasteiger charge is -2.38. The molecular formula is C36H52N6O6S. The largest absolute Gasteiger partial charge is 0.496 e. The van der Waals surface area contributed by atoms with Crippen molar-refractivity contribution >= 4 is 33.7 Å². The van der Waals surface area contributed by atoms with Crippen LogP contribution in [-0.4, -0.2) is 97.8 Å². The number of amides is 3. The van der Waals surface area contributed by atoms with Crippen molar-refractivity contribution < 1.29 is 27.5 Å². The SMILES string of the molecule is COc1cc(C)cc(C)c1C(C)(C)CC(=O)N=C(N)N1CCC(CN([C@H](Cc2ccccc2)C(=O)N2CCC[C@H]2C(N)=O)S(C)(=O)=O)CC1. The van der Waals surface area contributed by atoms with Gasteiger partial charge in [0.25, 0.3) is 0 Å². The number of piperidine rings is 1. The summed E-state index contributed by atoms with van der Waals surface area (Å²) in [5.74, 6) is -0.540. The quantitative estimate of drug-likeness (QED) is 0.252. The van der Waals surface area contributed by atoms with Crippen molar-refractivity contribution in [3.8, 4) is 5.75 Å². The maximum atomic E-state index is 14.0. The van der Waals surface area contributed by atoms with Crippen LogP contribution >= 0.6 is 0 Å². The highest BCUT2D eigenvalue weighted by atomic mass is 32.2. The number of nitrogens with two attached hydrogens (primary N) is 2. The predicted octanol–water partition coefficient (Wildman–Crippen LogP) is 2.88. The number of nitrogens with zero attached hydrogens (tertiary/aromatic N) is 4. The Morgan fingerprint density at radius 1 is 1.04 bits per heavy atom. The molecular weight excluding hydrogens is 644 g/mol. The van der Waals surface area contributed by atoms with Crippen molar-refractivity contribution in [3.05, 3.63) is 64.7 Å². The zero-order chi connectivity index (χ0) is 36.1. The number of guanidine groups is 1. The zero-order valence-corrected chi connectivity index (χ0v) is 30.5. The molecule has 0 saturated carbocycles. The number of carbonyl (C=O) groups excluding carboxylic acids is 3. The van der Waals surface area contributed by atoms with E-state index >= 15 is 0 Å². The first kappa shape index (κ1) is 37.8. The number of hydrogen-bond donors (Lipinski definition) is 2. The Hall–Kier alpha value is -3.97. The summed E-state index contributed by atoms with van der Waals surface area (Å²) in [5, 5.41) is 0. The van der Waals surface area contributed by atoms with Crippen LogP contribution in [0.4, 0.5) is 0 Å². The molecule has 0 aromatic heterocycles. The van der Waals surface area contributed by atoms with Crippen LogP contribution in [0.1, 0.15) is 68.2 Å². The smallest absolute Gasteiger partial charge is 0.249 e. The fourth-order valence-corrected chi connectivity index (χ4v) is 8.53. The molecule has 268 valence electrons. The van der Waals surface area contributed by atoms with E-state index in [9.17, 15) is 22.8 Å². The third kappa shape index (κ3) is 9.39. The van der Waals surface area contributed by atoms with Crippen LogP contribution in [0.15, 0.2) is 47.5 Å². The molecule has 4 N–H and O–H groups in total. The van der Waals surface area contributed by atoms with Crippen LogP contribution in [0.3, 0.4) is 0 Å². The fourth-order valence-electron chi connectivity index (χ4n) is 7.42. The van der Waals surface area contributed by atoms with Crippen LogP contribution in [0.2, 0.25) is 0 Å². The Balaban J connectivity index is 1.46. The normalized spacial score (nSPS) is 18.5. The zero-order valence-electron chi connectivity index (χ0n) is 29.6. The number of likely N-dealkylation sites (tertiary alicyclic amines) is 2. The molecule has 2 aromatic carbocycles. The van der Waals surface area contributed by atoms with Gasteiger partial charge in [-0.2, -0.15) is 9.30 Å². The fraction of sp³-hybridized carbons (Fsp3) is 0.556. The number of sulfonamides is 1. The van der Waals surface area contributed by atoms with E-state index in [-0.39, 0.29) is 37.2 Å². The summed E-state index contributed by atoms with van der Waals surface area (Å²) < 4.78 is 33.6. The molecule has 0 radical (unpaired) electrons. The van der Waals surface area contributed by atoms with E-state index in [1.807, 2.05) is 69.0 Å². The lowest BCUT2D eigenvalue weighted by atomic mass is 9.78. The maximum absolute atomic E-state index is 14.0. The standard InChI is InChI=1S/C36H52N6O6S/c1-24-19-25(2)32(30(20-24)48-5)36(3,4)22-31(43)39-35(38)40-17-14-27(15-18-40)23-42(49(6,46)47)29(21-26-11-8-7-9-12-26)34(45)41-16-10-13-28(41)33(37)44/h7-9,11-12,19-20,27-29H,10,13-18,21-23H2,1-6H3,(H2,37,44)(H2,38,39,43)/t28-,29+/m0/s1. The Kier molecular flexibility index (Phi) is 12.1. The van der Waals surface area contributed by atoms with E-state index < -0.39 is 39.3 Å². The molecule has 2 atom stereocenters. The Labute approximate surface area is 290 Å². The highest BCUT2D eigenvalue weighted by Crippen LogP contribution is 2.38. The topological polar surface area (TPSA) is 169 Å². The third-order valence-corrected chi connectivity index (χ3v) is 11.0. The van der Waals surface area contributed by atoms with Crippen LogP contribution in [-0.2, 0) is 36.2 Å². The van der Waals surface area contributed by atoms with Crippen molar-refractivity contribution in [1.29, 1.82) is 0 Å². The number of ether oxygens (including phenoxy) is 1. The lowest BCUT2D eigenvalue weighted by molar-refractivity contribution is -0.140. The van der Waals surface area contributed by atoms with Gasteiger partial charge >= 0.3 is 0 Å². The first-order valence-electron chi connectivity index (χ1n) is 16.9. The summed E-state index contributed by atoms with van der Waals surface area (Å²) in [5.41, 5.74) is 15.3. The first-order chi connectivity index (χ1) is 23.0. The number of aliphatic imine (C=N–C) groups is 1. The summed E-state index contributed by atoms with van der Waals surface area (Å²) in [7, 11) is -2.21. The van der Waals surface area contributed by atoms with Gasteiger partial charge < -0.3 is 26.0 Å². The van der Waals surface area contributed by atoms with Gasteiger partial charge in [-0.1, -0.05) is 50.2 Å². The Morgan fingerprint density at radius 3 is 2.29 bits per heavy atom. The highest BCUT2D eigenvalue weighted by Gasteiger charge is 2.42. The molecule has 12 nitrogen and oxygen atoms in total. The number of aryl methyl sites for hydroxylation is 2. The van der Waals surface area contributed by atoms with Crippen LogP contribution in [0.25, 0.3) is 0 Å². The van der Waals surface area contributed by atoms with Gasteiger partial charge in [-0.3, -0.25) is 14.4 Å². The summed E-state index contributed by atoms with van der Waals surface area (Å²) in [6, 6.07) is 11.5. The maximum Gasteiger partial charge on any atom is 0.249 e. The third-order valence-electron chi connectivity index (χ3n) is 9.74. The number of carbonyl (C=O) groups is 3. The molecule has 49 heavy (non-hydrogen) atoms. The minimum absolute atomic E-state index is 0.0676. The van der Waals surface area contributed by atoms with Gasteiger partial charge in [0, 0.05) is 43.6 Å². The van der Waals surface area contributed by atoms with Crippen LogP contribution in [0, 0.1) is 19.8 Å². The molecule has 0 bridgehead atoms. The van der Waals surface area contributed by atoms with E-state index in [0.717, 1.165) is 34.3 Å². The van der Waals surface area contributed by atoms with Crippen molar-refractivity contribution in [2.24, 2.45) is 22.4 Å². The highest BCUT2D eigenvalue weighted by molar-refractivity contribution is 7.88. The minimum atomic E-state index is -3.84. The molecule has 3 amide bonds. The van der Waals surface area contributed by atoms with E-state index in [2.05, 4.69) is 11.1 Å². The molecule has 2 aromatic rings. The number of hydrogen-bond acceptors (Lipinski definition) is 6. The second-order valence-electron chi connectivity index (χ2n) is 14.1. The van der Waals surface area contributed by atoms with Crippen molar-refractivity contribution in [3.63, 3.8) is 0 Å². The molecule has 0 spiro atoms. The van der Waals surface area contributed by atoms with Gasteiger partial charge in [0.2, 0.25) is 27.7 Å². The number of methoxy groups -OCH3 is 1. The number of rotatable bonds is 12. The van der Waals surface area contributed by atoms with E-state index in [4.69, 9.17) is 16.2 Å². The average Bonchev–Trinajstić information content (AvgIpc) is 3.52. The molecule has 2 fully saturated rings. The second kappa shape index (κ2) is 15.7. The van der Waals surface area contributed by atoms with Gasteiger partial charge in [-0.05, 0) is 74.6 Å². The van der Waals surface area contributed by atoms with Gasteiger partial charge in [0.05, 0.1) is 13.4 Å². The Morgan fingerprint density at radius 2 is 1.69 bits per heavy atom. The summed E-state index contributed by atoms with van der Waals surface area (Å²) in [6.45, 7) is 9.43. The van der Waals surface area contributed by atoms with Gasteiger partial charge in [0.1, 0.15) is 17.8 Å². The Bertz CT molecular complexity index is 1650. The van der Waals surface area contributed by atoms with Crippen LogP contribution in [0.5, 0.6) is 5.75 Å². The molecule has 2 aliphatic heterocycles.